The zero-order valence-corrected chi connectivity index (χ0v) is 15.9. The topological polar surface area (TPSA) is 51.0 Å². The van der Waals surface area contributed by atoms with Gasteiger partial charge in [-0.3, -0.25) is 9.78 Å². The predicted molar refractivity (Wildman–Crippen MR) is 97.3 cm³/mol. The molecule has 5 nitrogen and oxygen atoms in total. The van der Waals surface area contributed by atoms with Crippen LogP contribution in [-0.4, -0.2) is 51.3 Å². The average molecular weight is 443 g/mol. The first-order valence-corrected chi connectivity index (χ1v) is 9.59. The molecule has 154 valence electrons. The van der Waals surface area contributed by atoms with Crippen LogP contribution in [0.3, 0.4) is 0 Å². The lowest BCUT2D eigenvalue weighted by atomic mass is 10.3. The molecule has 0 atom stereocenters. The highest BCUT2D eigenvalue weighted by molar-refractivity contribution is 7.99. The van der Waals surface area contributed by atoms with Gasteiger partial charge in [0.15, 0.2) is 5.15 Å². The van der Waals surface area contributed by atoms with Crippen molar-refractivity contribution in [1.82, 2.24) is 14.8 Å². The van der Waals surface area contributed by atoms with E-state index in [0.29, 0.717) is 5.69 Å². The molecule has 0 saturated heterocycles. The van der Waals surface area contributed by atoms with Crippen LogP contribution in [0.4, 0.5) is 27.6 Å². The Balaban J connectivity index is 2.07. The number of halogens is 6. The second-order valence-corrected chi connectivity index (χ2v) is 7.17. The van der Waals surface area contributed by atoms with Gasteiger partial charge in [0.05, 0.1) is 31.0 Å². The van der Waals surface area contributed by atoms with Gasteiger partial charge in [0.25, 0.3) is 6.43 Å². The molecule has 2 rings (SSSR count). The number of hydrogen-bond acceptors (Lipinski definition) is 4. The van der Waals surface area contributed by atoms with E-state index < -0.39 is 31.5 Å². The number of rotatable bonds is 9. The van der Waals surface area contributed by atoms with E-state index in [1.807, 2.05) is 0 Å². The van der Waals surface area contributed by atoms with Gasteiger partial charge < -0.3 is 4.90 Å². The van der Waals surface area contributed by atoms with Crippen molar-refractivity contribution in [3.8, 4) is 5.69 Å². The van der Waals surface area contributed by atoms with Gasteiger partial charge in [0.2, 0.25) is 5.91 Å². The van der Waals surface area contributed by atoms with E-state index >= 15 is 0 Å². The first-order valence-electron chi connectivity index (χ1n) is 8.06. The number of nitrogens with zero attached hydrogens (tertiary/aromatic N) is 4. The number of carbonyl (C=O) groups excluding carboxylic acids is 1. The highest BCUT2D eigenvalue weighted by Crippen LogP contribution is 2.28. The summed E-state index contributed by atoms with van der Waals surface area (Å²) in [5, 5.41) is 3.85. The molecule has 0 spiro atoms. The average Bonchev–Trinajstić information content (AvgIpc) is 3.00. The van der Waals surface area contributed by atoms with Crippen molar-refractivity contribution >= 4 is 35.0 Å². The molecule has 0 aromatic carbocycles. The van der Waals surface area contributed by atoms with Crippen molar-refractivity contribution < 1.29 is 26.7 Å². The molecule has 2 heterocycles. The first-order chi connectivity index (χ1) is 13.2. The van der Waals surface area contributed by atoms with Crippen molar-refractivity contribution in [2.45, 2.75) is 25.4 Å². The molecular weight excluding hydrogens is 427 g/mol. The molecule has 2 aromatic heterocycles. The molecule has 2 aromatic rings. The third kappa shape index (κ3) is 6.93. The molecule has 0 fully saturated rings. The van der Waals surface area contributed by atoms with Gasteiger partial charge in [0.1, 0.15) is 5.69 Å². The number of pyridine rings is 1. The zero-order chi connectivity index (χ0) is 20.7. The molecule has 12 heteroatoms. The first kappa shape index (κ1) is 22.4. The summed E-state index contributed by atoms with van der Waals surface area (Å²) in [6.07, 6.45) is -3.93. The maximum Gasteiger partial charge on any atom is 0.389 e. The fourth-order valence-electron chi connectivity index (χ4n) is 2.20. The molecule has 0 saturated carbocycles. The van der Waals surface area contributed by atoms with E-state index in [1.165, 1.54) is 17.1 Å². The van der Waals surface area contributed by atoms with Crippen LogP contribution >= 0.6 is 23.4 Å². The highest BCUT2D eigenvalue weighted by Gasteiger charge is 2.27. The fraction of sp³-hybridized carbons (Fsp3) is 0.438. The van der Waals surface area contributed by atoms with Crippen LogP contribution in [-0.2, 0) is 4.79 Å². The van der Waals surface area contributed by atoms with Crippen LogP contribution in [0.25, 0.3) is 5.69 Å². The lowest BCUT2D eigenvalue weighted by Crippen LogP contribution is -2.35. The minimum absolute atomic E-state index is 0.00360. The lowest BCUT2D eigenvalue weighted by molar-refractivity contribution is -0.129. The molecule has 1 amide bonds. The van der Waals surface area contributed by atoms with Crippen LogP contribution in [0.1, 0.15) is 12.8 Å². The van der Waals surface area contributed by atoms with Crippen molar-refractivity contribution in [3.05, 3.63) is 35.9 Å². The van der Waals surface area contributed by atoms with Crippen molar-refractivity contribution in [1.29, 1.82) is 0 Å². The smallest absolute Gasteiger partial charge is 0.302 e. The summed E-state index contributed by atoms with van der Waals surface area (Å²) in [5.41, 5.74) is 0.513. The highest BCUT2D eigenvalue weighted by atomic mass is 35.5. The fourth-order valence-corrected chi connectivity index (χ4v) is 3.33. The third-order valence-corrected chi connectivity index (χ3v) is 4.72. The molecule has 0 bridgehead atoms. The summed E-state index contributed by atoms with van der Waals surface area (Å²) in [5.74, 6) is -0.804. The van der Waals surface area contributed by atoms with Gasteiger partial charge in [-0.2, -0.15) is 30.0 Å². The van der Waals surface area contributed by atoms with E-state index in [-0.39, 0.29) is 28.8 Å². The number of hydrogen-bond donors (Lipinski definition) is 0. The molecule has 0 N–H and O–H groups in total. The standard InChI is InChI=1S/C16H16ClF5N4OS/c17-15-12(9-26(24-15)11-2-1-5-23-8-11)25(10-13(18)19)14(27)3-6-28-7-4-16(20,21)22/h1-2,5,8-9,13H,3-4,6-7,10H2. The Kier molecular flexibility index (Phi) is 8.05. The predicted octanol–water partition coefficient (Wildman–Crippen LogP) is 4.59. The summed E-state index contributed by atoms with van der Waals surface area (Å²) in [7, 11) is 0. The Hall–Kier alpha value is -1.88. The molecule has 0 unspecified atom stereocenters. The molecule has 0 aliphatic carbocycles. The van der Waals surface area contributed by atoms with Crippen LogP contribution in [0, 0.1) is 0 Å². The SMILES string of the molecule is O=C(CCSCCC(F)(F)F)N(CC(F)F)c1cn(-c2cccnc2)nc1Cl. The summed E-state index contributed by atoms with van der Waals surface area (Å²) < 4.78 is 63.6. The normalized spacial score (nSPS) is 11.8. The lowest BCUT2D eigenvalue weighted by Gasteiger charge is -2.21. The van der Waals surface area contributed by atoms with Crippen LogP contribution in [0.2, 0.25) is 5.15 Å². The number of anilines is 1. The van der Waals surface area contributed by atoms with Crippen LogP contribution in [0.5, 0.6) is 0 Å². The summed E-state index contributed by atoms with van der Waals surface area (Å²) in [6.45, 7) is -0.898. The Bertz CT molecular complexity index is 772. The summed E-state index contributed by atoms with van der Waals surface area (Å²) in [6, 6.07) is 3.31. The zero-order valence-electron chi connectivity index (χ0n) is 14.4. The molecule has 0 aliphatic rings. The van der Waals surface area contributed by atoms with E-state index in [2.05, 4.69) is 10.1 Å². The number of amides is 1. The Labute approximate surface area is 166 Å². The Morgan fingerprint density at radius 3 is 2.68 bits per heavy atom. The maximum absolute atomic E-state index is 13.0. The number of carbonyl (C=O) groups is 1. The Morgan fingerprint density at radius 1 is 1.32 bits per heavy atom. The molecule has 0 radical (unpaired) electrons. The minimum atomic E-state index is -4.27. The van der Waals surface area contributed by atoms with E-state index in [1.54, 1.807) is 18.3 Å². The number of alkyl halides is 5. The molecular formula is C16H16ClF5N4OS. The van der Waals surface area contributed by atoms with Gasteiger partial charge in [-0.25, -0.2) is 13.5 Å². The number of thioether (sulfide) groups is 1. The second kappa shape index (κ2) is 10.1. The van der Waals surface area contributed by atoms with Crippen molar-refractivity contribution in [2.24, 2.45) is 0 Å². The van der Waals surface area contributed by atoms with E-state index in [4.69, 9.17) is 11.6 Å². The minimum Gasteiger partial charge on any atom is -0.302 e. The summed E-state index contributed by atoms with van der Waals surface area (Å²) in [4.78, 5) is 17.1. The van der Waals surface area contributed by atoms with Crippen LogP contribution < -0.4 is 4.90 Å². The summed E-state index contributed by atoms with van der Waals surface area (Å²) >= 11 is 6.96. The van der Waals surface area contributed by atoms with Gasteiger partial charge in [-0.05, 0) is 12.1 Å². The third-order valence-electron chi connectivity index (χ3n) is 3.46. The Morgan fingerprint density at radius 2 is 2.07 bits per heavy atom. The van der Waals surface area contributed by atoms with Crippen molar-refractivity contribution in [3.63, 3.8) is 0 Å². The second-order valence-electron chi connectivity index (χ2n) is 5.58. The van der Waals surface area contributed by atoms with Gasteiger partial charge in [0, 0.05) is 24.1 Å². The van der Waals surface area contributed by atoms with Gasteiger partial charge >= 0.3 is 6.18 Å². The monoisotopic (exact) mass is 442 g/mol. The van der Waals surface area contributed by atoms with Gasteiger partial charge in [-0.1, -0.05) is 11.6 Å². The van der Waals surface area contributed by atoms with E-state index in [0.717, 1.165) is 16.7 Å². The van der Waals surface area contributed by atoms with E-state index in [9.17, 15) is 26.7 Å². The largest absolute Gasteiger partial charge is 0.389 e. The number of aromatic nitrogens is 3. The van der Waals surface area contributed by atoms with Gasteiger partial charge in [-0.15, -0.1) is 0 Å². The van der Waals surface area contributed by atoms with Crippen molar-refractivity contribution in [2.75, 3.05) is 23.0 Å². The molecule has 28 heavy (non-hydrogen) atoms. The maximum atomic E-state index is 13.0. The quantitative estimate of drug-likeness (QED) is 0.421. The van der Waals surface area contributed by atoms with Crippen LogP contribution in [0.15, 0.2) is 30.7 Å². The molecule has 0 aliphatic heterocycles.